The van der Waals surface area contributed by atoms with E-state index < -0.39 is 0 Å². The molecule has 0 aliphatic heterocycles. The number of aromatic nitrogens is 1. The summed E-state index contributed by atoms with van der Waals surface area (Å²) in [6.45, 7) is 4.21. The van der Waals surface area contributed by atoms with Gasteiger partial charge in [0.25, 0.3) is 0 Å². The van der Waals surface area contributed by atoms with Gasteiger partial charge in [0.15, 0.2) is 0 Å². The van der Waals surface area contributed by atoms with E-state index in [0.717, 1.165) is 29.7 Å². The molecule has 2 aromatic rings. The number of ether oxygens (including phenoxy) is 1. The van der Waals surface area contributed by atoms with Crippen molar-refractivity contribution in [2.24, 2.45) is 0 Å². The van der Waals surface area contributed by atoms with Gasteiger partial charge in [-0.3, -0.25) is 4.98 Å². The number of anilines is 2. The molecule has 4 nitrogen and oxygen atoms in total. The van der Waals surface area contributed by atoms with Gasteiger partial charge in [0, 0.05) is 30.4 Å². The first kappa shape index (κ1) is 11.7. The predicted octanol–water partition coefficient (Wildman–Crippen LogP) is 2.27. The first-order valence-electron chi connectivity index (χ1n) is 5.77. The molecule has 1 aromatic heterocycles. The number of nitrogens with one attached hydrogen (secondary N) is 1. The molecule has 0 unspecified atom stereocenters. The van der Waals surface area contributed by atoms with Crippen LogP contribution in [-0.2, 0) is 4.74 Å². The Morgan fingerprint density at radius 2 is 2.24 bits per heavy atom. The van der Waals surface area contributed by atoms with Crippen molar-refractivity contribution in [2.45, 2.75) is 6.92 Å². The summed E-state index contributed by atoms with van der Waals surface area (Å²) in [6, 6.07) is 7.77. The van der Waals surface area contributed by atoms with Gasteiger partial charge in [-0.2, -0.15) is 0 Å². The molecule has 0 saturated carbocycles. The number of hydrogen-bond acceptors (Lipinski definition) is 4. The molecule has 0 atom stereocenters. The average molecular weight is 231 g/mol. The lowest BCUT2D eigenvalue weighted by Crippen LogP contribution is -2.09. The smallest absolute Gasteiger partial charge is 0.0951 e. The lowest BCUT2D eigenvalue weighted by atomic mass is 10.1. The van der Waals surface area contributed by atoms with Crippen molar-refractivity contribution >= 4 is 22.3 Å². The summed E-state index contributed by atoms with van der Waals surface area (Å²) in [5.74, 6) is 0. The molecule has 0 aliphatic carbocycles. The van der Waals surface area contributed by atoms with Gasteiger partial charge in [0.05, 0.1) is 17.8 Å². The Balaban J connectivity index is 2.19. The first-order chi connectivity index (χ1) is 8.33. The average Bonchev–Trinajstić information content (AvgIpc) is 2.36. The Kier molecular flexibility index (Phi) is 3.77. The van der Waals surface area contributed by atoms with Crippen LogP contribution in [0.25, 0.3) is 10.9 Å². The number of para-hydroxylation sites is 1. The highest BCUT2D eigenvalue weighted by molar-refractivity contribution is 5.97. The normalized spacial score (nSPS) is 10.6. The Hall–Kier alpha value is -1.81. The highest BCUT2D eigenvalue weighted by Gasteiger charge is 2.03. The maximum absolute atomic E-state index is 5.89. The molecule has 0 aliphatic rings. The Morgan fingerprint density at radius 3 is 3.06 bits per heavy atom. The van der Waals surface area contributed by atoms with E-state index in [1.54, 1.807) is 6.20 Å². The summed E-state index contributed by atoms with van der Waals surface area (Å²) in [5, 5.41) is 4.37. The van der Waals surface area contributed by atoms with Crippen molar-refractivity contribution in [3.63, 3.8) is 0 Å². The van der Waals surface area contributed by atoms with Crippen molar-refractivity contribution in [3.8, 4) is 0 Å². The van der Waals surface area contributed by atoms with Crippen molar-refractivity contribution in [2.75, 3.05) is 30.8 Å². The van der Waals surface area contributed by atoms with Crippen molar-refractivity contribution in [1.82, 2.24) is 4.98 Å². The molecule has 0 fully saturated rings. The van der Waals surface area contributed by atoms with Gasteiger partial charge in [-0.1, -0.05) is 12.1 Å². The minimum absolute atomic E-state index is 0.697. The first-order valence-corrected chi connectivity index (χ1v) is 5.77. The molecule has 0 saturated heterocycles. The molecule has 0 bridgehead atoms. The largest absolute Gasteiger partial charge is 0.397 e. The molecule has 0 spiro atoms. The zero-order valence-corrected chi connectivity index (χ0v) is 9.94. The van der Waals surface area contributed by atoms with Crippen LogP contribution >= 0.6 is 0 Å². The maximum Gasteiger partial charge on any atom is 0.0951 e. The Morgan fingerprint density at radius 1 is 1.35 bits per heavy atom. The van der Waals surface area contributed by atoms with Crippen molar-refractivity contribution < 1.29 is 4.74 Å². The lowest BCUT2D eigenvalue weighted by Gasteiger charge is -2.10. The second kappa shape index (κ2) is 5.50. The minimum Gasteiger partial charge on any atom is -0.397 e. The third-order valence-electron chi connectivity index (χ3n) is 2.57. The highest BCUT2D eigenvalue weighted by Crippen LogP contribution is 2.25. The van der Waals surface area contributed by atoms with Gasteiger partial charge < -0.3 is 15.8 Å². The summed E-state index contributed by atoms with van der Waals surface area (Å²) in [4.78, 5) is 4.29. The third kappa shape index (κ3) is 2.65. The van der Waals surface area contributed by atoms with E-state index >= 15 is 0 Å². The molecule has 90 valence electrons. The van der Waals surface area contributed by atoms with Gasteiger partial charge >= 0.3 is 0 Å². The van der Waals surface area contributed by atoms with E-state index in [-0.39, 0.29) is 0 Å². The Labute approximate surface area is 101 Å². The monoisotopic (exact) mass is 231 g/mol. The van der Waals surface area contributed by atoms with Crippen LogP contribution in [0.5, 0.6) is 0 Å². The maximum atomic E-state index is 5.89. The molecular weight excluding hydrogens is 214 g/mol. The van der Waals surface area contributed by atoms with Crippen LogP contribution in [0, 0.1) is 0 Å². The predicted molar refractivity (Wildman–Crippen MR) is 71.1 cm³/mol. The van der Waals surface area contributed by atoms with E-state index in [9.17, 15) is 0 Å². The standard InChI is InChI=1S/C13H17N3O/c1-2-17-9-8-15-12-6-7-16-13-10(12)4-3-5-11(13)14/h3-7H,2,8-9,14H2,1H3,(H,15,16). The van der Waals surface area contributed by atoms with E-state index in [4.69, 9.17) is 10.5 Å². The second-order valence-electron chi connectivity index (χ2n) is 3.73. The summed E-state index contributed by atoms with van der Waals surface area (Å²) >= 11 is 0. The SMILES string of the molecule is CCOCCNc1ccnc2c(N)cccc12. The van der Waals surface area contributed by atoms with Crippen LogP contribution in [0.3, 0.4) is 0 Å². The number of nitrogens with two attached hydrogens (primary N) is 1. The number of pyridine rings is 1. The van der Waals surface area contributed by atoms with Crippen LogP contribution in [-0.4, -0.2) is 24.7 Å². The quantitative estimate of drug-likeness (QED) is 0.612. The van der Waals surface area contributed by atoms with E-state index in [2.05, 4.69) is 10.3 Å². The second-order valence-corrected chi connectivity index (χ2v) is 3.73. The summed E-state index contributed by atoms with van der Waals surface area (Å²) in [5.41, 5.74) is 8.48. The number of benzene rings is 1. The van der Waals surface area contributed by atoms with Crippen LogP contribution in [0.2, 0.25) is 0 Å². The Bertz CT molecular complexity index is 499. The number of fused-ring (bicyclic) bond motifs is 1. The zero-order valence-electron chi connectivity index (χ0n) is 9.94. The highest BCUT2D eigenvalue weighted by atomic mass is 16.5. The van der Waals surface area contributed by atoms with E-state index in [1.165, 1.54) is 0 Å². The fourth-order valence-corrected chi connectivity index (χ4v) is 1.76. The number of hydrogen-bond donors (Lipinski definition) is 2. The number of nitrogen functional groups attached to an aromatic ring is 1. The fraction of sp³-hybridized carbons (Fsp3) is 0.308. The molecular formula is C13H17N3O. The molecule has 2 rings (SSSR count). The van der Waals surface area contributed by atoms with E-state index in [0.29, 0.717) is 12.3 Å². The molecule has 1 heterocycles. The topological polar surface area (TPSA) is 60.2 Å². The van der Waals surface area contributed by atoms with Gasteiger partial charge in [-0.15, -0.1) is 0 Å². The molecule has 3 N–H and O–H groups in total. The van der Waals surface area contributed by atoms with Gasteiger partial charge in [0.1, 0.15) is 0 Å². The van der Waals surface area contributed by atoms with Crippen LogP contribution in [0.1, 0.15) is 6.92 Å². The number of nitrogens with zero attached hydrogens (tertiary/aromatic N) is 1. The minimum atomic E-state index is 0.697. The van der Waals surface area contributed by atoms with Crippen LogP contribution < -0.4 is 11.1 Å². The molecule has 1 aromatic carbocycles. The zero-order chi connectivity index (χ0) is 12.1. The van der Waals surface area contributed by atoms with Gasteiger partial charge in [0.2, 0.25) is 0 Å². The van der Waals surface area contributed by atoms with Crippen LogP contribution in [0.4, 0.5) is 11.4 Å². The van der Waals surface area contributed by atoms with Crippen molar-refractivity contribution in [1.29, 1.82) is 0 Å². The molecule has 0 radical (unpaired) electrons. The van der Waals surface area contributed by atoms with Crippen LogP contribution in [0.15, 0.2) is 30.5 Å². The van der Waals surface area contributed by atoms with Crippen molar-refractivity contribution in [3.05, 3.63) is 30.5 Å². The molecule has 17 heavy (non-hydrogen) atoms. The lowest BCUT2D eigenvalue weighted by molar-refractivity contribution is 0.158. The summed E-state index contributed by atoms with van der Waals surface area (Å²) in [6.07, 6.45) is 1.77. The van der Waals surface area contributed by atoms with E-state index in [1.807, 2.05) is 31.2 Å². The fourth-order valence-electron chi connectivity index (χ4n) is 1.76. The van der Waals surface area contributed by atoms with Gasteiger partial charge in [-0.05, 0) is 19.1 Å². The molecule has 4 heteroatoms. The van der Waals surface area contributed by atoms with Gasteiger partial charge in [-0.25, -0.2) is 0 Å². The molecule has 0 amide bonds. The summed E-state index contributed by atoms with van der Waals surface area (Å²) < 4.78 is 5.29. The summed E-state index contributed by atoms with van der Waals surface area (Å²) in [7, 11) is 0. The third-order valence-corrected chi connectivity index (χ3v) is 2.57. The number of rotatable bonds is 5.